The van der Waals surface area contributed by atoms with Crippen LogP contribution in [0.25, 0.3) is 0 Å². The van der Waals surface area contributed by atoms with Crippen LogP contribution in [0.5, 0.6) is 0 Å². The average Bonchev–Trinajstić information content (AvgIpc) is 2.31. The molecule has 1 aromatic rings. The molecule has 0 aromatic heterocycles. The average molecular weight is 302 g/mol. The van der Waals surface area contributed by atoms with Gasteiger partial charge in [-0.05, 0) is 71.9 Å². The van der Waals surface area contributed by atoms with Gasteiger partial charge in [-0.2, -0.15) is 0 Å². The van der Waals surface area contributed by atoms with Crippen LogP contribution in [-0.4, -0.2) is 13.1 Å². The van der Waals surface area contributed by atoms with Crippen molar-refractivity contribution >= 4 is 15.9 Å². The summed E-state index contributed by atoms with van der Waals surface area (Å²) in [6, 6.07) is 5.28. The van der Waals surface area contributed by atoms with E-state index in [-0.39, 0.29) is 5.82 Å². The number of hydrogen-bond donors (Lipinski definition) is 1. The number of nitrogens with one attached hydrogen (secondary N) is 1. The highest BCUT2D eigenvalue weighted by Crippen LogP contribution is 2.19. The molecule has 1 rings (SSSR count). The minimum Gasteiger partial charge on any atom is -0.317 e. The fraction of sp³-hybridized carbons (Fsp3) is 0.571. The molecule has 1 unspecified atom stereocenters. The van der Waals surface area contributed by atoms with E-state index in [9.17, 15) is 4.39 Å². The van der Waals surface area contributed by atoms with Crippen LogP contribution >= 0.6 is 15.9 Å². The summed E-state index contributed by atoms with van der Waals surface area (Å²) in [5, 5.41) is 3.34. The molecule has 0 fully saturated rings. The molecule has 0 heterocycles. The van der Waals surface area contributed by atoms with Crippen molar-refractivity contribution in [3.8, 4) is 0 Å². The Bertz CT molecular complexity index is 341. The molecule has 96 valence electrons. The summed E-state index contributed by atoms with van der Waals surface area (Å²) in [5.74, 6) is 0.520. The maximum atomic E-state index is 13.0. The van der Waals surface area contributed by atoms with Crippen molar-refractivity contribution in [3.05, 3.63) is 34.1 Å². The summed E-state index contributed by atoms with van der Waals surface area (Å²) in [5.41, 5.74) is 1.20. The van der Waals surface area contributed by atoms with Gasteiger partial charge in [-0.3, -0.25) is 0 Å². The van der Waals surface area contributed by atoms with Gasteiger partial charge in [0.25, 0.3) is 0 Å². The summed E-state index contributed by atoms with van der Waals surface area (Å²) in [6.45, 7) is 6.53. The van der Waals surface area contributed by atoms with E-state index in [0.717, 1.165) is 25.9 Å². The van der Waals surface area contributed by atoms with E-state index < -0.39 is 0 Å². The van der Waals surface area contributed by atoms with Crippen LogP contribution in [0.3, 0.4) is 0 Å². The SMILES string of the molecule is CCNCCC(C)CCc1ccc(F)c(Br)c1. The van der Waals surface area contributed by atoms with Gasteiger partial charge in [-0.15, -0.1) is 0 Å². The molecule has 0 saturated carbocycles. The summed E-state index contributed by atoms with van der Waals surface area (Å²) in [7, 11) is 0. The lowest BCUT2D eigenvalue weighted by molar-refractivity contribution is 0.474. The topological polar surface area (TPSA) is 12.0 Å². The van der Waals surface area contributed by atoms with E-state index in [4.69, 9.17) is 0 Å². The first kappa shape index (κ1) is 14.7. The minimum atomic E-state index is -0.186. The standard InChI is InChI=1S/C14H21BrFN/c1-3-17-9-8-11(2)4-5-12-6-7-14(16)13(15)10-12/h6-7,10-11,17H,3-5,8-9H2,1-2H3. The molecule has 1 N–H and O–H groups in total. The monoisotopic (exact) mass is 301 g/mol. The van der Waals surface area contributed by atoms with E-state index in [1.54, 1.807) is 0 Å². The van der Waals surface area contributed by atoms with Crippen molar-refractivity contribution in [2.75, 3.05) is 13.1 Å². The van der Waals surface area contributed by atoms with E-state index in [1.807, 2.05) is 12.1 Å². The number of benzene rings is 1. The summed E-state index contributed by atoms with van der Waals surface area (Å²) < 4.78 is 13.6. The molecule has 0 radical (unpaired) electrons. The molecule has 3 heteroatoms. The van der Waals surface area contributed by atoms with Gasteiger partial charge in [0.15, 0.2) is 0 Å². The van der Waals surface area contributed by atoms with Crippen LogP contribution < -0.4 is 5.32 Å². The lowest BCUT2D eigenvalue weighted by Gasteiger charge is -2.11. The van der Waals surface area contributed by atoms with Crippen molar-refractivity contribution < 1.29 is 4.39 Å². The maximum absolute atomic E-state index is 13.0. The zero-order chi connectivity index (χ0) is 12.7. The lowest BCUT2D eigenvalue weighted by Crippen LogP contribution is -2.16. The smallest absolute Gasteiger partial charge is 0.137 e. The van der Waals surface area contributed by atoms with Crippen molar-refractivity contribution in [2.45, 2.75) is 33.1 Å². The predicted octanol–water partition coefficient (Wildman–Crippen LogP) is 4.16. The third-order valence-corrected chi connectivity index (χ3v) is 3.58. The van der Waals surface area contributed by atoms with Crippen molar-refractivity contribution in [3.63, 3.8) is 0 Å². The maximum Gasteiger partial charge on any atom is 0.137 e. The van der Waals surface area contributed by atoms with Crippen LogP contribution in [0.4, 0.5) is 4.39 Å². The Labute approximate surface area is 112 Å². The quantitative estimate of drug-likeness (QED) is 0.746. The Hall–Kier alpha value is -0.410. The molecule has 1 aromatic carbocycles. The van der Waals surface area contributed by atoms with Gasteiger partial charge >= 0.3 is 0 Å². The van der Waals surface area contributed by atoms with Crippen molar-refractivity contribution in [1.82, 2.24) is 5.32 Å². The molecular formula is C14H21BrFN. The Morgan fingerprint density at radius 3 is 2.76 bits per heavy atom. The van der Waals surface area contributed by atoms with E-state index in [1.165, 1.54) is 18.1 Å². The van der Waals surface area contributed by atoms with Gasteiger partial charge in [-0.25, -0.2) is 4.39 Å². The van der Waals surface area contributed by atoms with Crippen LogP contribution in [0, 0.1) is 11.7 Å². The van der Waals surface area contributed by atoms with Gasteiger partial charge in [0.1, 0.15) is 5.82 Å². The van der Waals surface area contributed by atoms with E-state index >= 15 is 0 Å². The first-order valence-corrected chi connectivity index (χ1v) is 7.07. The number of halogens is 2. The molecule has 1 nitrogen and oxygen atoms in total. The molecule has 0 aliphatic rings. The Balaban J connectivity index is 2.31. The highest BCUT2D eigenvalue weighted by atomic mass is 79.9. The molecule has 0 bridgehead atoms. The van der Waals surface area contributed by atoms with Gasteiger partial charge in [0, 0.05) is 0 Å². The second-order valence-corrected chi connectivity index (χ2v) is 5.39. The van der Waals surface area contributed by atoms with Crippen LogP contribution in [0.1, 0.15) is 32.3 Å². The Morgan fingerprint density at radius 1 is 1.35 bits per heavy atom. The zero-order valence-corrected chi connectivity index (χ0v) is 12.2. The highest BCUT2D eigenvalue weighted by Gasteiger charge is 2.04. The Kier molecular flexibility index (Phi) is 6.75. The third-order valence-electron chi connectivity index (χ3n) is 2.97. The molecule has 1 atom stereocenters. The molecule has 0 spiro atoms. The fourth-order valence-electron chi connectivity index (χ4n) is 1.78. The lowest BCUT2D eigenvalue weighted by atomic mass is 9.98. The molecule has 17 heavy (non-hydrogen) atoms. The highest BCUT2D eigenvalue weighted by molar-refractivity contribution is 9.10. The Morgan fingerprint density at radius 2 is 2.12 bits per heavy atom. The predicted molar refractivity (Wildman–Crippen MR) is 74.7 cm³/mol. The molecule has 0 amide bonds. The van der Waals surface area contributed by atoms with Gasteiger partial charge in [0.2, 0.25) is 0 Å². The first-order valence-electron chi connectivity index (χ1n) is 6.28. The summed E-state index contributed by atoms with van der Waals surface area (Å²) in [4.78, 5) is 0. The second-order valence-electron chi connectivity index (χ2n) is 4.53. The largest absolute Gasteiger partial charge is 0.317 e. The molecule has 0 aliphatic heterocycles. The number of aryl methyl sites for hydroxylation is 1. The van der Waals surface area contributed by atoms with Crippen LogP contribution in [0.15, 0.2) is 22.7 Å². The summed E-state index contributed by atoms with van der Waals surface area (Å²) >= 11 is 3.22. The zero-order valence-electron chi connectivity index (χ0n) is 10.6. The number of hydrogen-bond acceptors (Lipinski definition) is 1. The van der Waals surface area contributed by atoms with Gasteiger partial charge in [-0.1, -0.05) is 19.9 Å². The molecule has 0 saturated heterocycles. The fourth-order valence-corrected chi connectivity index (χ4v) is 2.20. The van der Waals surface area contributed by atoms with Gasteiger partial charge < -0.3 is 5.32 Å². The molecule has 0 aliphatic carbocycles. The minimum absolute atomic E-state index is 0.186. The third kappa shape index (κ3) is 5.64. The van der Waals surface area contributed by atoms with Crippen LogP contribution in [-0.2, 0) is 6.42 Å². The first-order chi connectivity index (χ1) is 8.13. The van der Waals surface area contributed by atoms with Crippen molar-refractivity contribution in [1.29, 1.82) is 0 Å². The van der Waals surface area contributed by atoms with E-state index in [0.29, 0.717) is 10.4 Å². The van der Waals surface area contributed by atoms with Crippen LogP contribution in [0.2, 0.25) is 0 Å². The van der Waals surface area contributed by atoms with Gasteiger partial charge in [0.05, 0.1) is 4.47 Å². The number of rotatable bonds is 7. The molecular weight excluding hydrogens is 281 g/mol. The normalized spacial score (nSPS) is 12.7. The van der Waals surface area contributed by atoms with Crippen molar-refractivity contribution in [2.24, 2.45) is 5.92 Å². The van der Waals surface area contributed by atoms with E-state index in [2.05, 4.69) is 35.1 Å². The summed E-state index contributed by atoms with van der Waals surface area (Å²) in [6.07, 6.45) is 3.38. The second kappa shape index (κ2) is 7.83.